The van der Waals surface area contributed by atoms with Crippen LogP contribution >= 0.6 is 0 Å². The van der Waals surface area contributed by atoms with E-state index < -0.39 is 0 Å². The van der Waals surface area contributed by atoms with Crippen LogP contribution in [0.5, 0.6) is 0 Å². The number of hydrogen-bond acceptors (Lipinski definition) is 3. The Labute approximate surface area is 109 Å². The van der Waals surface area contributed by atoms with Gasteiger partial charge in [0.1, 0.15) is 5.82 Å². The molecule has 0 spiro atoms. The Balaban J connectivity index is 1.80. The van der Waals surface area contributed by atoms with E-state index in [0.29, 0.717) is 11.8 Å². The number of aromatic nitrogens is 5. The van der Waals surface area contributed by atoms with Crippen molar-refractivity contribution in [2.45, 2.75) is 18.8 Å². The summed E-state index contributed by atoms with van der Waals surface area (Å²) in [5.74, 6) is 2.98. The molecule has 0 saturated heterocycles. The normalized spacial score (nSPS) is 28.9. The molecule has 0 aliphatic heterocycles. The summed E-state index contributed by atoms with van der Waals surface area (Å²) in [7, 11) is 0. The van der Waals surface area contributed by atoms with Gasteiger partial charge in [-0.2, -0.15) is 0 Å². The molecule has 3 aromatic rings. The maximum atomic E-state index is 4.45. The fourth-order valence-electron chi connectivity index (χ4n) is 3.72. The molecule has 2 aliphatic rings. The molecule has 1 N–H and O–H groups in total. The summed E-state index contributed by atoms with van der Waals surface area (Å²) in [4.78, 5) is 7.52. The van der Waals surface area contributed by atoms with Crippen molar-refractivity contribution in [3.05, 3.63) is 36.4 Å². The SMILES string of the molecule is C1=CC2CC1CC2c1nnc2cnc3[nH]ccc3n12. The van der Waals surface area contributed by atoms with E-state index in [9.17, 15) is 0 Å². The van der Waals surface area contributed by atoms with E-state index in [-0.39, 0.29) is 0 Å². The third-order valence-corrected chi connectivity index (χ3v) is 4.58. The summed E-state index contributed by atoms with van der Waals surface area (Å²) in [6, 6.07) is 2.05. The van der Waals surface area contributed by atoms with E-state index >= 15 is 0 Å². The summed E-state index contributed by atoms with van der Waals surface area (Å²) in [6.07, 6.45) is 10.9. The molecular formula is C14H13N5. The Morgan fingerprint density at radius 2 is 2.21 bits per heavy atom. The molecule has 5 heteroatoms. The van der Waals surface area contributed by atoms with Crippen LogP contribution in [0.4, 0.5) is 0 Å². The quantitative estimate of drug-likeness (QED) is 0.675. The van der Waals surface area contributed by atoms with Crippen molar-refractivity contribution in [2.24, 2.45) is 11.8 Å². The van der Waals surface area contributed by atoms with Gasteiger partial charge in [-0.3, -0.25) is 4.40 Å². The average molecular weight is 251 g/mol. The van der Waals surface area contributed by atoms with Gasteiger partial charge >= 0.3 is 0 Å². The second kappa shape index (κ2) is 3.23. The lowest BCUT2D eigenvalue weighted by Crippen LogP contribution is -2.09. The Hall–Kier alpha value is -2.17. The first-order valence-corrected chi connectivity index (χ1v) is 6.75. The van der Waals surface area contributed by atoms with Gasteiger partial charge in [-0.15, -0.1) is 10.2 Å². The fraction of sp³-hybridized carbons (Fsp3) is 0.357. The number of allylic oxidation sites excluding steroid dienone is 2. The number of nitrogens with one attached hydrogen (secondary N) is 1. The molecule has 2 aliphatic carbocycles. The molecule has 5 rings (SSSR count). The molecule has 3 atom stereocenters. The van der Waals surface area contributed by atoms with Gasteiger partial charge in [0.25, 0.3) is 0 Å². The summed E-state index contributed by atoms with van der Waals surface area (Å²) in [5, 5.41) is 8.74. The van der Waals surface area contributed by atoms with Gasteiger partial charge in [-0.25, -0.2) is 4.98 Å². The van der Waals surface area contributed by atoms with Gasteiger partial charge in [0, 0.05) is 12.1 Å². The topological polar surface area (TPSA) is 58.9 Å². The Kier molecular flexibility index (Phi) is 1.65. The Morgan fingerprint density at radius 1 is 1.21 bits per heavy atom. The van der Waals surface area contributed by atoms with Crippen LogP contribution < -0.4 is 0 Å². The second-order valence-corrected chi connectivity index (χ2v) is 5.61. The Morgan fingerprint density at radius 3 is 3.05 bits per heavy atom. The minimum absolute atomic E-state index is 0.505. The first-order valence-electron chi connectivity index (χ1n) is 6.75. The predicted molar refractivity (Wildman–Crippen MR) is 70.7 cm³/mol. The zero-order valence-corrected chi connectivity index (χ0v) is 10.3. The van der Waals surface area contributed by atoms with Crippen molar-refractivity contribution >= 4 is 16.8 Å². The van der Waals surface area contributed by atoms with E-state index in [2.05, 4.69) is 36.7 Å². The van der Waals surface area contributed by atoms with Crippen molar-refractivity contribution in [3.63, 3.8) is 0 Å². The zero-order valence-electron chi connectivity index (χ0n) is 10.3. The van der Waals surface area contributed by atoms with E-state index in [4.69, 9.17) is 0 Å². The van der Waals surface area contributed by atoms with E-state index in [1.54, 1.807) is 6.20 Å². The van der Waals surface area contributed by atoms with Crippen molar-refractivity contribution in [2.75, 3.05) is 0 Å². The lowest BCUT2D eigenvalue weighted by Gasteiger charge is -2.16. The molecule has 5 nitrogen and oxygen atoms in total. The number of H-pyrrole nitrogens is 1. The molecular weight excluding hydrogens is 238 g/mol. The van der Waals surface area contributed by atoms with Gasteiger partial charge in [0.15, 0.2) is 11.3 Å². The van der Waals surface area contributed by atoms with Crippen LogP contribution in [-0.2, 0) is 0 Å². The smallest absolute Gasteiger partial charge is 0.179 e. The van der Waals surface area contributed by atoms with E-state index in [0.717, 1.165) is 28.6 Å². The van der Waals surface area contributed by atoms with Crippen LogP contribution in [-0.4, -0.2) is 24.6 Å². The molecule has 2 bridgehead atoms. The van der Waals surface area contributed by atoms with Gasteiger partial charge < -0.3 is 4.98 Å². The lowest BCUT2D eigenvalue weighted by atomic mass is 9.93. The molecule has 3 heterocycles. The maximum absolute atomic E-state index is 4.45. The van der Waals surface area contributed by atoms with Crippen molar-refractivity contribution in [1.29, 1.82) is 0 Å². The average Bonchev–Trinajstić information content (AvgIpc) is 3.19. The first-order chi connectivity index (χ1) is 9.40. The van der Waals surface area contributed by atoms with Gasteiger partial charge in [0.2, 0.25) is 0 Å². The lowest BCUT2D eigenvalue weighted by molar-refractivity contribution is 0.549. The summed E-state index contributed by atoms with van der Waals surface area (Å²) >= 11 is 0. The highest BCUT2D eigenvalue weighted by Crippen LogP contribution is 2.48. The van der Waals surface area contributed by atoms with E-state index in [1.807, 2.05) is 12.3 Å². The number of aromatic amines is 1. The van der Waals surface area contributed by atoms with Crippen LogP contribution in [0.1, 0.15) is 24.6 Å². The fourth-order valence-corrected chi connectivity index (χ4v) is 3.72. The molecule has 1 saturated carbocycles. The molecule has 94 valence electrons. The molecule has 3 aromatic heterocycles. The minimum Gasteiger partial charge on any atom is -0.345 e. The largest absolute Gasteiger partial charge is 0.345 e. The van der Waals surface area contributed by atoms with Crippen LogP contribution in [0.3, 0.4) is 0 Å². The number of rotatable bonds is 1. The zero-order chi connectivity index (χ0) is 12.4. The minimum atomic E-state index is 0.505. The van der Waals surface area contributed by atoms with Crippen molar-refractivity contribution in [1.82, 2.24) is 24.6 Å². The van der Waals surface area contributed by atoms with Gasteiger partial charge in [0.05, 0.1) is 11.7 Å². The van der Waals surface area contributed by atoms with Gasteiger partial charge in [-0.1, -0.05) is 12.2 Å². The second-order valence-electron chi connectivity index (χ2n) is 5.61. The molecule has 19 heavy (non-hydrogen) atoms. The predicted octanol–water partition coefficient (Wildman–Crippen LogP) is 2.29. The summed E-state index contributed by atoms with van der Waals surface area (Å²) in [5.41, 5.74) is 2.81. The molecule has 0 amide bonds. The highest BCUT2D eigenvalue weighted by molar-refractivity contribution is 5.74. The monoisotopic (exact) mass is 251 g/mol. The molecule has 0 radical (unpaired) electrons. The van der Waals surface area contributed by atoms with Crippen LogP contribution in [0, 0.1) is 11.8 Å². The molecule has 1 fully saturated rings. The van der Waals surface area contributed by atoms with Crippen molar-refractivity contribution in [3.8, 4) is 0 Å². The summed E-state index contributed by atoms with van der Waals surface area (Å²) < 4.78 is 2.16. The standard InChI is InChI=1S/C14H13N5/c1-2-9-5-8(1)6-10(9)14-18-17-12-7-16-13-11(19(12)14)3-4-15-13/h1-4,7-10,15H,5-6H2. The van der Waals surface area contributed by atoms with Gasteiger partial charge in [-0.05, 0) is 30.7 Å². The maximum Gasteiger partial charge on any atom is 0.179 e. The van der Waals surface area contributed by atoms with Crippen LogP contribution in [0.15, 0.2) is 30.6 Å². The molecule has 3 unspecified atom stereocenters. The third kappa shape index (κ3) is 1.17. The number of hydrogen-bond donors (Lipinski definition) is 1. The number of fused-ring (bicyclic) bond motifs is 5. The highest BCUT2D eigenvalue weighted by atomic mass is 15.3. The first kappa shape index (κ1) is 9.72. The number of nitrogens with zero attached hydrogens (tertiary/aromatic N) is 4. The molecule has 0 aromatic carbocycles. The summed E-state index contributed by atoms with van der Waals surface area (Å²) in [6.45, 7) is 0. The van der Waals surface area contributed by atoms with E-state index in [1.165, 1.54) is 12.8 Å². The Bertz CT molecular complexity index is 812. The van der Waals surface area contributed by atoms with Crippen LogP contribution in [0.2, 0.25) is 0 Å². The third-order valence-electron chi connectivity index (χ3n) is 4.58. The van der Waals surface area contributed by atoms with Crippen molar-refractivity contribution < 1.29 is 0 Å². The van der Waals surface area contributed by atoms with Crippen LogP contribution in [0.25, 0.3) is 16.8 Å². The highest BCUT2D eigenvalue weighted by Gasteiger charge is 2.39.